The normalized spacial score (nSPS) is 10.9. The lowest BCUT2D eigenvalue weighted by Crippen LogP contribution is -2.17. The van der Waals surface area contributed by atoms with Crippen molar-refractivity contribution in [1.29, 1.82) is 0 Å². The molecule has 0 bridgehead atoms. The SMILES string of the molecule is COc1cc(C=NNC(=O)c2ccnc(-c3ccc(OC(C)C)cc3)c2)cc(OC)c1. The van der Waals surface area contributed by atoms with Crippen molar-refractivity contribution in [2.24, 2.45) is 5.10 Å². The fraction of sp³-hybridized carbons (Fsp3) is 0.208. The van der Waals surface area contributed by atoms with Gasteiger partial charge < -0.3 is 14.2 Å². The van der Waals surface area contributed by atoms with Crippen LogP contribution in [0.2, 0.25) is 0 Å². The van der Waals surface area contributed by atoms with Gasteiger partial charge in [0.2, 0.25) is 0 Å². The lowest BCUT2D eigenvalue weighted by atomic mass is 10.1. The molecule has 0 aliphatic rings. The monoisotopic (exact) mass is 419 g/mol. The van der Waals surface area contributed by atoms with Crippen molar-refractivity contribution in [1.82, 2.24) is 10.4 Å². The Morgan fingerprint density at radius 2 is 1.65 bits per heavy atom. The molecule has 0 spiro atoms. The molecule has 7 nitrogen and oxygen atoms in total. The van der Waals surface area contributed by atoms with Crippen LogP contribution in [0.25, 0.3) is 11.3 Å². The number of carbonyl (C=O) groups is 1. The molecular weight excluding hydrogens is 394 g/mol. The molecule has 1 heterocycles. The molecule has 3 rings (SSSR count). The summed E-state index contributed by atoms with van der Waals surface area (Å²) in [5.41, 5.74) is 5.29. The molecule has 31 heavy (non-hydrogen) atoms. The van der Waals surface area contributed by atoms with Gasteiger partial charge in [0.15, 0.2) is 0 Å². The predicted molar refractivity (Wildman–Crippen MR) is 120 cm³/mol. The van der Waals surface area contributed by atoms with Gasteiger partial charge in [-0.25, -0.2) is 5.43 Å². The molecule has 0 saturated carbocycles. The number of methoxy groups -OCH3 is 2. The Morgan fingerprint density at radius 3 is 2.26 bits per heavy atom. The summed E-state index contributed by atoms with van der Waals surface area (Å²) < 4.78 is 16.1. The molecule has 0 saturated heterocycles. The van der Waals surface area contributed by atoms with Gasteiger partial charge in [0, 0.05) is 29.0 Å². The molecule has 0 atom stereocenters. The van der Waals surface area contributed by atoms with E-state index in [0.29, 0.717) is 22.8 Å². The Kier molecular flexibility index (Phi) is 7.22. The second-order valence-corrected chi connectivity index (χ2v) is 6.97. The van der Waals surface area contributed by atoms with Crippen LogP contribution in [-0.4, -0.2) is 37.4 Å². The first-order valence-corrected chi connectivity index (χ1v) is 9.78. The standard InChI is InChI=1S/C24H25N3O4/c1-16(2)31-20-7-5-18(6-8-20)23-13-19(9-10-25-23)24(28)27-26-15-17-11-21(29-3)14-22(12-17)30-4/h5-16H,1-4H3,(H,27,28). The summed E-state index contributed by atoms with van der Waals surface area (Å²) in [6, 6.07) is 16.3. The average molecular weight is 419 g/mol. The van der Waals surface area contributed by atoms with Crippen LogP contribution >= 0.6 is 0 Å². The topological polar surface area (TPSA) is 82.0 Å². The third kappa shape index (κ3) is 6.05. The predicted octanol–water partition coefficient (Wildman–Crippen LogP) is 4.32. The molecular formula is C24H25N3O4. The molecule has 0 aliphatic carbocycles. The first-order chi connectivity index (χ1) is 15.0. The average Bonchev–Trinajstić information content (AvgIpc) is 2.79. The lowest BCUT2D eigenvalue weighted by molar-refractivity contribution is 0.0955. The van der Waals surface area contributed by atoms with Gasteiger partial charge in [-0.05, 0) is 62.4 Å². The zero-order valence-electron chi connectivity index (χ0n) is 18.0. The Bertz CT molecular complexity index is 1040. The van der Waals surface area contributed by atoms with E-state index in [1.54, 1.807) is 50.7 Å². The lowest BCUT2D eigenvalue weighted by Gasteiger charge is -2.10. The van der Waals surface area contributed by atoms with Gasteiger partial charge in [-0.15, -0.1) is 0 Å². The number of hydrogen-bond acceptors (Lipinski definition) is 6. The van der Waals surface area contributed by atoms with Gasteiger partial charge in [-0.2, -0.15) is 5.10 Å². The van der Waals surface area contributed by atoms with Crippen molar-refractivity contribution in [2.75, 3.05) is 14.2 Å². The van der Waals surface area contributed by atoms with Crippen LogP contribution in [0.5, 0.6) is 17.2 Å². The van der Waals surface area contributed by atoms with Crippen LogP contribution in [0.15, 0.2) is 65.9 Å². The fourth-order valence-electron chi connectivity index (χ4n) is 2.84. The van der Waals surface area contributed by atoms with Gasteiger partial charge in [0.25, 0.3) is 5.91 Å². The minimum atomic E-state index is -0.338. The van der Waals surface area contributed by atoms with Crippen molar-refractivity contribution in [2.45, 2.75) is 20.0 Å². The summed E-state index contributed by atoms with van der Waals surface area (Å²) in [4.78, 5) is 16.9. The highest BCUT2D eigenvalue weighted by molar-refractivity contribution is 5.95. The van der Waals surface area contributed by atoms with Gasteiger partial charge in [0.05, 0.1) is 32.2 Å². The van der Waals surface area contributed by atoms with Crippen molar-refractivity contribution >= 4 is 12.1 Å². The number of rotatable bonds is 8. The summed E-state index contributed by atoms with van der Waals surface area (Å²) in [5, 5.41) is 4.04. The van der Waals surface area contributed by atoms with E-state index in [1.165, 1.54) is 6.21 Å². The van der Waals surface area contributed by atoms with E-state index >= 15 is 0 Å². The number of nitrogens with zero attached hydrogens (tertiary/aromatic N) is 2. The number of pyridine rings is 1. The number of benzene rings is 2. The Balaban J connectivity index is 1.70. The number of nitrogens with one attached hydrogen (secondary N) is 1. The quantitative estimate of drug-likeness (QED) is 0.434. The van der Waals surface area contributed by atoms with E-state index < -0.39 is 0 Å². The molecule has 1 aromatic heterocycles. The van der Waals surface area contributed by atoms with Crippen LogP contribution in [0.4, 0.5) is 0 Å². The third-order valence-corrected chi connectivity index (χ3v) is 4.30. The second kappa shape index (κ2) is 10.2. The smallest absolute Gasteiger partial charge is 0.271 e. The zero-order valence-corrected chi connectivity index (χ0v) is 18.0. The molecule has 0 radical (unpaired) electrons. The molecule has 1 N–H and O–H groups in total. The first kappa shape index (κ1) is 21.8. The van der Waals surface area contributed by atoms with Gasteiger partial charge in [0.1, 0.15) is 17.2 Å². The van der Waals surface area contributed by atoms with E-state index in [1.807, 2.05) is 38.1 Å². The zero-order chi connectivity index (χ0) is 22.2. The molecule has 2 aromatic carbocycles. The number of amides is 1. The maximum absolute atomic E-state index is 12.5. The van der Waals surface area contributed by atoms with E-state index in [2.05, 4.69) is 15.5 Å². The third-order valence-electron chi connectivity index (χ3n) is 4.30. The molecule has 160 valence electrons. The Labute approximate surface area is 181 Å². The van der Waals surface area contributed by atoms with E-state index in [-0.39, 0.29) is 12.0 Å². The van der Waals surface area contributed by atoms with Crippen LogP contribution < -0.4 is 19.6 Å². The molecule has 0 unspecified atom stereocenters. The summed E-state index contributed by atoms with van der Waals surface area (Å²) in [6.07, 6.45) is 3.23. The van der Waals surface area contributed by atoms with E-state index in [9.17, 15) is 4.79 Å². The van der Waals surface area contributed by atoms with Gasteiger partial charge in [-0.1, -0.05) is 0 Å². The highest BCUT2D eigenvalue weighted by Crippen LogP contribution is 2.23. The number of carbonyl (C=O) groups excluding carboxylic acids is 1. The van der Waals surface area contributed by atoms with Crippen molar-refractivity contribution in [3.8, 4) is 28.5 Å². The van der Waals surface area contributed by atoms with Crippen molar-refractivity contribution in [3.05, 3.63) is 71.9 Å². The van der Waals surface area contributed by atoms with E-state index in [0.717, 1.165) is 16.9 Å². The maximum Gasteiger partial charge on any atom is 0.271 e. The van der Waals surface area contributed by atoms with Crippen molar-refractivity contribution < 1.29 is 19.0 Å². The number of ether oxygens (including phenoxy) is 3. The minimum Gasteiger partial charge on any atom is -0.497 e. The summed E-state index contributed by atoms with van der Waals surface area (Å²) >= 11 is 0. The molecule has 3 aromatic rings. The molecule has 0 aliphatic heterocycles. The largest absolute Gasteiger partial charge is 0.497 e. The van der Waals surface area contributed by atoms with Crippen LogP contribution in [-0.2, 0) is 0 Å². The number of hydrazone groups is 1. The van der Waals surface area contributed by atoms with Gasteiger partial charge >= 0.3 is 0 Å². The Hall–Kier alpha value is -3.87. The maximum atomic E-state index is 12.5. The van der Waals surface area contributed by atoms with E-state index in [4.69, 9.17) is 14.2 Å². The fourth-order valence-corrected chi connectivity index (χ4v) is 2.84. The number of aromatic nitrogens is 1. The highest BCUT2D eigenvalue weighted by atomic mass is 16.5. The molecule has 1 amide bonds. The first-order valence-electron chi connectivity index (χ1n) is 9.78. The van der Waals surface area contributed by atoms with Crippen molar-refractivity contribution in [3.63, 3.8) is 0 Å². The molecule has 7 heteroatoms. The highest BCUT2D eigenvalue weighted by Gasteiger charge is 2.08. The number of hydrogen-bond donors (Lipinski definition) is 1. The van der Waals surface area contributed by atoms with Crippen LogP contribution in [0.3, 0.4) is 0 Å². The summed E-state index contributed by atoms with van der Waals surface area (Å²) in [7, 11) is 3.15. The van der Waals surface area contributed by atoms with Gasteiger partial charge in [-0.3, -0.25) is 9.78 Å². The Morgan fingerprint density at radius 1 is 0.968 bits per heavy atom. The van der Waals surface area contributed by atoms with Crippen LogP contribution in [0, 0.1) is 0 Å². The summed E-state index contributed by atoms with van der Waals surface area (Å²) in [6.45, 7) is 3.95. The van der Waals surface area contributed by atoms with Crippen LogP contribution in [0.1, 0.15) is 29.8 Å². The minimum absolute atomic E-state index is 0.106. The summed E-state index contributed by atoms with van der Waals surface area (Å²) in [5.74, 6) is 1.72. The second-order valence-electron chi connectivity index (χ2n) is 6.97. The molecule has 0 fully saturated rings.